The van der Waals surface area contributed by atoms with Gasteiger partial charge in [0.05, 0.1) is 0 Å². The van der Waals surface area contributed by atoms with Crippen molar-refractivity contribution in [1.82, 2.24) is 4.90 Å². The molecule has 114 valence electrons. The van der Waals surface area contributed by atoms with E-state index in [1.54, 1.807) is 0 Å². The summed E-state index contributed by atoms with van der Waals surface area (Å²) in [6.07, 6.45) is 6.09. The van der Waals surface area contributed by atoms with Crippen LogP contribution in [0.4, 0.5) is 0 Å². The third-order valence-electron chi connectivity index (χ3n) is 4.33. The van der Waals surface area contributed by atoms with Gasteiger partial charge in [0.2, 0.25) is 5.91 Å². The van der Waals surface area contributed by atoms with Gasteiger partial charge in [-0.25, -0.2) is 13.2 Å². The van der Waals surface area contributed by atoms with Crippen LogP contribution in [0.3, 0.4) is 0 Å². The van der Waals surface area contributed by atoms with Crippen molar-refractivity contribution in [2.24, 2.45) is 5.92 Å². The van der Waals surface area contributed by atoms with Crippen molar-refractivity contribution in [3.63, 3.8) is 0 Å². The van der Waals surface area contributed by atoms with Crippen LogP contribution in [0.2, 0.25) is 0 Å². The van der Waals surface area contributed by atoms with E-state index < -0.39 is 33.5 Å². The van der Waals surface area contributed by atoms with E-state index >= 15 is 0 Å². The predicted molar refractivity (Wildman–Crippen MR) is 73.0 cm³/mol. The molecule has 1 heterocycles. The van der Waals surface area contributed by atoms with Crippen LogP contribution < -0.4 is 0 Å². The summed E-state index contributed by atoms with van der Waals surface area (Å²) in [5.74, 6) is -1.87. The zero-order valence-electron chi connectivity index (χ0n) is 11.6. The topological polar surface area (TPSA) is 91.8 Å². The monoisotopic (exact) mass is 303 g/mol. The van der Waals surface area contributed by atoms with Crippen molar-refractivity contribution in [1.29, 1.82) is 0 Å². The average Bonchev–Trinajstić information content (AvgIpc) is 2.35. The summed E-state index contributed by atoms with van der Waals surface area (Å²) >= 11 is 0. The van der Waals surface area contributed by atoms with E-state index in [2.05, 4.69) is 0 Å². The highest BCUT2D eigenvalue weighted by atomic mass is 32.2. The lowest BCUT2D eigenvalue weighted by molar-refractivity contribution is -0.156. The average molecular weight is 303 g/mol. The Morgan fingerprint density at radius 2 is 1.80 bits per heavy atom. The van der Waals surface area contributed by atoms with Gasteiger partial charge in [-0.1, -0.05) is 12.8 Å². The van der Waals surface area contributed by atoms with E-state index in [1.807, 2.05) is 0 Å². The minimum atomic E-state index is -3.44. The second-order valence-corrected chi connectivity index (χ2v) is 8.05. The molecule has 2 rings (SSSR count). The number of hydrogen-bond acceptors (Lipinski definition) is 4. The van der Waals surface area contributed by atoms with Gasteiger partial charge in [0, 0.05) is 12.3 Å². The van der Waals surface area contributed by atoms with Gasteiger partial charge in [0.15, 0.2) is 9.84 Å². The van der Waals surface area contributed by atoms with Gasteiger partial charge in [-0.2, -0.15) is 0 Å². The molecule has 0 radical (unpaired) electrons. The molecule has 0 aromatic carbocycles. The summed E-state index contributed by atoms with van der Waals surface area (Å²) in [4.78, 5) is 25.0. The quantitative estimate of drug-likeness (QED) is 0.827. The smallest absolute Gasteiger partial charge is 0.326 e. The number of fused-ring (bicyclic) bond motifs is 1. The molecule has 20 heavy (non-hydrogen) atoms. The second kappa shape index (κ2) is 5.71. The summed E-state index contributed by atoms with van der Waals surface area (Å²) in [5.41, 5.74) is 0. The first-order valence-electron chi connectivity index (χ1n) is 7.01. The molecule has 7 heteroatoms. The number of piperidine rings is 1. The minimum absolute atomic E-state index is 0.104. The number of nitrogens with zero attached hydrogens (tertiary/aromatic N) is 1. The lowest BCUT2D eigenvalue weighted by Crippen LogP contribution is -2.58. The molecule has 0 aromatic rings. The highest BCUT2D eigenvalue weighted by molar-refractivity contribution is 7.91. The van der Waals surface area contributed by atoms with Crippen molar-refractivity contribution >= 4 is 21.7 Å². The molecular weight excluding hydrogens is 282 g/mol. The molecule has 3 atom stereocenters. The molecule has 6 nitrogen and oxygen atoms in total. The number of carbonyl (C=O) groups is 2. The van der Waals surface area contributed by atoms with E-state index in [0.29, 0.717) is 12.3 Å². The summed E-state index contributed by atoms with van der Waals surface area (Å²) in [7, 11) is -3.44. The van der Waals surface area contributed by atoms with Crippen molar-refractivity contribution in [2.75, 3.05) is 12.0 Å². The van der Waals surface area contributed by atoms with Gasteiger partial charge in [-0.15, -0.1) is 0 Å². The molecule has 3 unspecified atom stereocenters. The van der Waals surface area contributed by atoms with Crippen LogP contribution in [-0.2, 0) is 19.4 Å². The largest absolute Gasteiger partial charge is 0.480 e. The fourth-order valence-electron chi connectivity index (χ4n) is 3.53. The maximum Gasteiger partial charge on any atom is 0.326 e. The first kappa shape index (κ1) is 15.3. The Morgan fingerprint density at radius 3 is 2.40 bits per heavy atom. The predicted octanol–water partition coefficient (Wildman–Crippen LogP) is 0.665. The molecule has 0 bridgehead atoms. The Balaban J connectivity index is 2.25. The maximum atomic E-state index is 12.3. The number of carboxylic acids is 1. The first-order valence-corrected chi connectivity index (χ1v) is 9.07. The Labute approximate surface area is 119 Å². The molecule has 2 aliphatic rings. The Bertz CT molecular complexity index is 501. The zero-order valence-corrected chi connectivity index (χ0v) is 12.4. The number of carbonyl (C=O) groups excluding carboxylic acids is 1. The third kappa shape index (κ3) is 3.31. The normalized spacial score (nSPS) is 30.6. The van der Waals surface area contributed by atoms with Crippen molar-refractivity contribution in [3.8, 4) is 0 Å². The van der Waals surface area contributed by atoms with E-state index in [0.717, 1.165) is 38.4 Å². The van der Waals surface area contributed by atoms with E-state index in [9.17, 15) is 23.1 Å². The number of likely N-dealkylation sites (tertiary alicyclic amines) is 1. The fourth-order valence-corrected chi connectivity index (χ4v) is 4.13. The van der Waals surface area contributed by atoms with Crippen molar-refractivity contribution in [3.05, 3.63) is 0 Å². The van der Waals surface area contributed by atoms with Crippen molar-refractivity contribution in [2.45, 2.75) is 50.6 Å². The van der Waals surface area contributed by atoms with Crippen LogP contribution in [0.15, 0.2) is 0 Å². The van der Waals surface area contributed by atoms with Crippen LogP contribution in [-0.4, -0.2) is 54.4 Å². The molecule has 0 spiro atoms. The molecular formula is C13H21NO5S. The fraction of sp³-hybridized carbons (Fsp3) is 0.846. The van der Waals surface area contributed by atoms with Gasteiger partial charge in [0.25, 0.3) is 0 Å². The SMILES string of the molecule is CS(=O)(=O)CC(=O)N1C(C(=O)O)CCC2CCCCC21. The van der Waals surface area contributed by atoms with Gasteiger partial charge >= 0.3 is 5.97 Å². The summed E-state index contributed by atoms with van der Waals surface area (Å²) in [5, 5.41) is 9.30. The first-order chi connectivity index (χ1) is 9.29. The van der Waals surface area contributed by atoms with Crippen molar-refractivity contribution < 1.29 is 23.1 Å². The van der Waals surface area contributed by atoms with Crippen LogP contribution in [0.5, 0.6) is 0 Å². The summed E-state index contributed by atoms with van der Waals surface area (Å²) in [6.45, 7) is 0. The molecule has 2 fully saturated rings. The molecule has 1 saturated heterocycles. The number of amides is 1. The van der Waals surface area contributed by atoms with Crippen LogP contribution in [0, 0.1) is 5.92 Å². The van der Waals surface area contributed by atoms with E-state index in [4.69, 9.17) is 0 Å². The second-order valence-electron chi connectivity index (χ2n) is 5.91. The lowest BCUT2D eigenvalue weighted by Gasteiger charge is -2.47. The standard InChI is InChI=1S/C13H21NO5S/c1-20(18,19)8-12(15)14-10-5-3-2-4-9(10)6-7-11(14)13(16)17/h9-11H,2-8H2,1H3,(H,16,17). The number of sulfone groups is 1. The highest BCUT2D eigenvalue weighted by Gasteiger charge is 2.44. The Kier molecular flexibility index (Phi) is 4.36. The van der Waals surface area contributed by atoms with E-state index in [-0.39, 0.29) is 6.04 Å². The maximum absolute atomic E-state index is 12.3. The van der Waals surface area contributed by atoms with Crippen LogP contribution in [0.1, 0.15) is 38.5 Å². The Morgan fingerprint density at radius 1 is 1.15 bits per heavy atom. The summed E-state index contributed by atoms with van der Waals surface area (Å²) < 4.78 is 22.7. The van der Waals surface area contributed by atoms with Crippen LogP contribution >= 0.6 is 0 Å². The molecule has 1 aliphatic carbocycles. The van der Waals surface area contributed by atoms with Gasteiger partial charge < -0.3 is 10.0 Å². The van der Waals surface area contributed by atoms with Gasteiger partial charge in [0.1, 0.15) is 11.8 Å². The molecule has 1 aliphatic heterocycles. The highest BCUT2D eigenvalue weighted by Crippen LogP contribution is 2.38. The van der Waals surface area contributed by atoms with Gasteiger partial charge in [-0.3, -0.25) is 4.79 Å². The number of rotatable bonds is 3. The zero-order chi connectivity index (χ0) is 14.9. The van der Waals surface area contributed by atoms with Gasteiger partial charge in [-0.05, 0) is 31.6 Å². The molecule has 0 aromatic heterocycles. The number of hydrogen-bond donors (Lipinski definition) is 1. The lowest BCUT2D eigenvalue weighted by atomic mass is 9.76. The van der Waals surface area contributed by atoms with Crippen LogP contribution in [0.25, 0.3) is 0 Å². The Hall–Kier alpha value is -1.11. The number of aliphatic carboxylic acids is 1. The molecule has 1 amide bonds. The van der Waals surface area contributed by atoms with E-state index in [1.165, 1.54) is 4.90 Å². The molecule has 1 saturated carbocycles. The minimum Gasteiger partial charge on any atom is -0.480 e. The molecule has 1 N–H and O–H groups in total. The number of carboxylic acid groups (broad SMARTS) is 1. The third-order valence-corrected chi connectivity index (χ3v) is 5.10. The summed E-state index contributed by atoms with van der Waals surface area (Å²) in [6, 6.07) is -0.976.